The van der Waals surface area contributed by atoms with Gasteiger partial charge in [0.2, 0.25) is 11.8 Å². The molecular formula is C28H29BrN2O2. The third-order valence-electron chi connectivity index (χ3n) is 8.46. The highest BCUT2D eigenvalue weighted by atomic mass is 79.9. The van der Waals surface area contributed by atoms with Crippen molar-refractivity contribution in [1.29, 1.82) is 0 Å². The summed E-state index contributed by atoms with van der Waals surface area (Å²) in [5, 5.41) is 1.19. The minimum Gasteiger partial charge on any atom is -0.357 e. The third kappa shape index (κ3) is 3.08. The lowest BCUT2D eigenvalue weighted by Crippen LogP contribution is -2.41. The fraction of sp³-hybridized carbons (Fsp3) is 0.429. The van der Waals surface area contributed by atoms with Crippen LogP contribution < -0.4 is 4.90 Å². The zero-order valence-electron chi connectivity index (χ0n) is 19.3. The zero-order chi connectivity index (χ0) is 23.1. The molecule has 1 saturated heterocycles. The number of amides is 2. The van der Waals surface area contributed by atoms with Crippen molar-refractivity contribution in [3.63, 3.8) is 0 Å². The number of fused-ring (bicyclic) bond motifs is 8. The van der Waals surface area contributed by atoms with Crippen molar-refractivity contribution >= 4 is 44.3 Å². The number of anilines is 1. The molecule has 1 aromatic heterocycles. The number of para-hydroxylation sites is 1. The van der Waals surface area contributed by atoms with Crippen molar-refractivity contribution in [1.82, 2.24) is 4.98 Å². The van der Waals surface area contributed by atoms with Gasteiger partial charge >= 0.3 is 0 Å². The van der Waals surface area contributed by atoms with Crippen molar-refractivity contribution in [3.05, 3.63) is 64.3 Å². The lowest BCUT2D eigenvalue weighted by Gasteiger charge is -2.47. The second kappa shape index (κ2) is 7.30. The van der Waals surface area contributed by atoms with Gasteiger partial charge in [0, 0.05) is 21.1 Å². The lowest BCUT2D eigenvalue weighted by atomic mass is 9.56. The molecule has 33 heavy (non-hydrogen) atoms. The van der Waals surface area contributed by atoms with Gasteiger partial charge in [-0.15, -0.1) is 0 Å². The Labute approximate surface area is 202 Å². The standard InChI is InChI=1S/C28H29BrN2O2/c1-28(2,3)15-9-11-18-19(13-15)23-24(25-22(18)20-14-16(29)10-12-21(20)30-25)27(33)31(26(23)32)17-7-5-4-6-8-17/h4-8,10,12,14-15,18-19,23-24,30H,9,11,13H2,1-3H3. The molecule has 5 unspecified atom stereocenters. The minimum absolute atomic E-state index is 0.0220. The summed E-state index contributed by atoms with van der Waals surface area (Å²) in [4.78, 5) is 32.9. The first-order valence-corrected chi connectivity index (χ1v) is 12.8. The van der Waals surface area contributed by atoms with E-state index in [1.54, 1.807) is 0 Å². The SMILES string of the molecule is CC(C)(C)C1CCC2c3c([nH]c4ccc(Br)cc34)C3C(=O)N(c4ccccc4)C(=O)C3C2C1. The molecule has 1 saturated carbocycles. The molecule has 0 spiro atoms. The first-order chi connectivity index (χ1) is 15.8. The molecule has 3 aromatic rings. The Hall–Kier alpha value is -2.40. The van der Waals surface area contributed by atoms with Gasteiger partial charge in [-0.05, 0) is 78.3 Å². The number of aromatic nitrogens is 1. The highest BCUT2D eigenvalue weighted by Gasteiger charge is 2.59. The summed E-state index contributed by atoms with van der Waals surface area (Å²) in [5.74, 6) is 0.201. The first kappa shape index (κ1) is 21.2. The Morgan fingerprint density at radius 2 is 1.76 bits per heavy atom. The highest BCUT2D eigenvalue weighted by molar-refractivity contribution is 9.10. The number of nitrogens with zero attached hydrogens (tertiary/aromatic N) is 1. The Morgan fingerprint density at radius 1 is 1.00 bits per heavy atom. The molecule has 170 valence electrons. The van der Waals surface area contributed by atoms with E-state index < -0.39 is 5.92 Å². The molecule has 2 aromatic carbocycles. The van der Waals surface area contributed by atoms with E-state index in [0.717, 1.165) is 34.9 Å². The molecule has 1 N–H and O–H groups in total. The molecule has 2 amide bonds. The highest BCUT2D eigenvalue weighted by Crippen LogP contribution is 2.60. The summed E-state index contributed by atoms with van der Waals surface area (Å²) in [6, 6.07) is 15.7. The average Bonchev–Trinajstić information content (AvgIpc) is 3.28. The van der Waals surface area contributed by atoms with Gasteiger partial charge < -0.3 is 4.98 Å². The van der Waals surface area contributed by atoms with Gasteiger partial charge in [0.05, 0.1) is 17.5 Å². The summed E-state index contributed by atoms with van der Waals surface area (Å²) in [6.45, 7) is 6.93. The number of aromatic amines is 1. The van der Waals surface area contributed by atoms with Gasteiger partial charge in [-0.3, -0.25) is 9.59 Å². The van der Waals surface area contributed by atoms with Gasteiger partial charge in [0.25, 0.3) is 0 Å². The molecule has 5 atom stereocenters. The average molecular weight is 505 g/mol. The summed E-state index contributed by atoms with van der Waals surface area (Å²) in [6.07, 6.45) is 3.22. The summed E-state index contributed by atoms with van der Waals surface area (Å²) >= 11 is 3.64. The molecule has 2 heterocycles. The molecule has 1 aliphatic heterocycles. The number of imide groups is 1. The van der Waals surface area contributed by atoms with E-state index in [-0.39, 0.29) is 29.1 Å². The van der Waals surface area contributed by atoms with Crippen LogP contribution in [-0.2, 0) is 9.59 Å². The fourth-order valence-electron chi connectivity index (χ4n) is 6.86. The fourth-order valence-corrected chi connectivity index (χ4v) is 7.22. The van der Waals surface area contributed by atoms with E-state index in [0.29, 0.717) is 17.5 Å². The monoisotopic (exact) mass is 504 g/mol. The van der Waals surface area contributed by atoms with Gasteiger partial charge in [-0.25, -0.2) is 4.90 Å². The van der Waals surface area contributed by atoms with E-state index in [9.17, 15) is 9.59 Å². The number of rotatable bonds is 1. The predicted octanol–water partition coefficient (Wildman–Crippen LogP) is 6.76. The Balaban J connectivity index is 1.55. The van der Waals surface area contributed by atoms with Gasteiger partial charge in [-0.2, -0.15) is 0 Å². The third-order valence-corrected chi connectivity index (χ3v) is 8.96. The molecule has 0 radical (unpaired) electrons. The Morgan fingerprint density at radius 3 is 2.48 bits per heavy atom. The van der Waals surface area contributed by atoms with Crippen molar-refractivity contribution in [3.8, 4) is 0 Å². The molecule has 6 rings (SSSR count). The summed E-state index contributed by atoms with van der Waals surface area (Å²) in [5.41, 5.74) is 4.18. The van der Waals surface area contributed by atoms with Crippen molar-refractivity contribution in [2.24, 2.45) is 23.2 Å². The van der Waals surface area contributed by atoms with Crippen LogP contribution in [0.4, 0.5) is 5.69 Å². The number of benzene rings is 2. The molecule has 3 aliphatic rings. The summed E-state index contributed by atoms with van der Waals surface area (Å²) in [7, 11) is 0. The lowest BCUT2D eigenvalue weighted by molar-refractivity contribution is -0.123. The Kier molecular flexibility index (Phi) is 4.68. The topological polar surface area (TPSA) is 53.2 Å². The maximum atomic E-state index is 13.9. The smallest absolute Gasteiger partial charge is 0.243 e. The van der Waals surface area contributed by atoms with Crippen LogP contribution in [0.25, 0.3) is 10.9 Å². The second-order valence-corrected chi connectivity index (χ2v) is 12.1. The molecule has 5 heteroatoms. The number of hydrogen-bond donors (Lipinski definition) is 1. The van der Waals surface area contributed by atoms with Crippen molar-refractivity contribution in [2.45, 2.75) is 51.9 Å². The molecule has 2 aliphatic carbocycles. The normalized spacial score (nSPS) is 29.2. The zero-order valence-corrected chi connectivity index (χ0v) is 20.9. The molecular weight excluding hydrogens is 476 g/mol. The van der Waals surface area contributed by atoms with Crippen LogP contribution in [0.1, 0.15) is 63.1 Å². The molecule has 4 nitrogen and oxygen atoms in total. The summed E-state index contributed by atoms with van der Waals surface area (Å²) < 4.78 is 1.04. The van der Waals surface area contributed by atoms with Crippen LogP contribution >= 0.6 is 15.9 Å². The van der Waals surface area contributed by atoms with Gasteiger partial charge in [0.1, 0.15) is 0 Å². The number of hydrogen-bond acceptors (Lipinski definition) is 2. The van der Waals surface area contributed by atoms with E-state index in [4.69, 9.17) is 0 Å². The van der Waals surface area contributed by atoms with Crippen LogP contribution in [0.15, 0.2) is 53.0 Å². The van der Waals surface area contributed by atoms with Crippen LogP contribution in [0, 0.1) is 23.2 Å². The largest absolute Gasteiger partial charge is 0.357 e. The number of carbonyl (C=O) groups excluding carboxylic acids is 2. The van der Waals surface area contributed by atoms with Gasteiger partial charge in [0.15, 0.2) is 0 Å². The van der Waals surface area contributed by atoms with Crippen molar-refractivity contribution < 1.29 is 9.59 Å². The maximum Gasteiger partial charge on any atom is 0.243 e. The van der Waals surface area contributed by atoms with Crippen LogP contribution in [0.5, 0.6) is 0 Å². The van der Waals surface area contributed by atoms with Crippen LogP contribution in [0.2, 0.25) is 0 Å². The minimum atomic E-state index is -0.432. The molecule has 2 fully saturated rings. The predicted molar refractivity (Wildman–Crippen MR) is 134 cm³/mol. The quantitative estimate of drug-likeness (QED) is 0.372. The van der Waals surface area contributed by atoms with Crippen LogP contribution in [-0.4, -0.2) is 16.8 Å². The Bertz CT molecular complexity index is 1270. The number of nitrogens with one attached hydrogen (secondary N) is 1. The second-order valence-electron chi connectivity index (χ2n) is 11.1. The number of halogens is 1. The number of H-pyrrole nitrogens is 1. The van der Waals surface area contributed by atoms with Gasteiger partial charge in [-0.1, -0.05) is 54.9 Å². The number of carbonyl (C=O) groups is 2. The first-order valence-electron chi connectivity index (χ1n) is 12.0. The maximum absolute atomic E-state index is 13.9. The molecule has 0 bridgehead atoms. The van der Waals surface area contributed by atoms with E-state index in [1.807, 2.05) is 36.4 Å². The van der Waals surface area contributed by atoms with Crippen molar-refractivity contribution in [2.75, 3.05) is 4.90 Å². The van der Waals surface area contributed by atoms with E-state index in [2.05, 4.69) is 53.8 Å². The van der Waals surface area contributed by atoms with Crippen LogP contribution in [0.3, 0.4) is 0 Å². The van der Waals surface area contributed by atoms with E-state index in [1.165, 1.54) is 15.8 Å². The van der Waals surface area contributed by atoms with E-state index >= 15 is 0 Å².